The summed E-state index contributed by atoms with van der Waals surface area (Å²) >= 11 is 0. The van der Waals surface area contributed by atoms with E-state index >= 15 is 0 Å². The molecule has 1 heterocycles. The maximum atomic E-state index is 13.2. The molecule has 200 valence electrons. The Morgan fingerprint density at radius 1 is 0.769 bits per heavy atom. The van der Waals surface area contributed by atoms with Crippen LogP contribution in [-0.2, 0) is 6.42 Å². The third-order valence-corrected chi connectivity index (χ3v) is 7.38. The van der Waals surface area contributed by atoms with E-state index < -0.39 is 0 Å². The Bertz CT molecular complexity index is 1400. The molecule has 5 heteroatoms. The molecular weight excluding hydrogens is 486 g/mol. The zero-order valence-corrected chi connectivity index (χ0v) is 22.9. The second-order valence-corrected chi connectivity index (χ2v) is 10.1. The van der Waals surface area contributed by atoms with Gasteiger partial charge in [0.2, 0.25) is 0 Å². The monoisotopic (exact) mass is 521 g/mol. The van der Waals surface area contributed by atoms with Gasteiger partial charge < -0.3 is 19.1 Å². The highest BCUT2D eigenvalue weighted by Crippen LogP contribution is 2.33. The number of ether oxygens (including phenoxy) is 3. The van der Waals surface area contributed by atoms with Crippen molar-refractivity contribution in [3.63, 3.8) is 0 Å². The van der Waals surface area contributed by atoms with E-state index in [9.17, 15) is 4.79 Å². The van der Waals surface area contributed by atoms with Crippen LogP contribution >= 0.6 is 0 Å². The lowest BCUT2D eigenvalue weighted by Crippen LogP contribution is -2.35. The van der Waals surface area contributed by atoms with Gasteiger partial charge in [-0.25, -0.2) is 0 Å². The molecule has 0 amide bonds. The van der Waals surface area contributed by atoms with Crippen molar-refractivity contribution < 1.29 is 19.0 Å². The average Bonchev–Trinajstić information content (AvgIpc) is 2.99. The summed E-state index contributed by atoms with van der Waals surface area (Å²) in [5.41, 5.74) is 5.67. The number of Topliss-reactive ketones (excluding diaryl/α,β-unsaturated/α-hetero) is 1. The number of carbonyl (C=O) groups is 1. The number of methoxy groups -OCH3 is 2. The summed E-state index contributed by atoms with van der Waals surface area (Å²) in [7, 11) is 5.44. The lowest BCUT2D eigenvalue weighted by atomic mass is 9.96. The first-order chi connectivity index (χ1) is 19.0. The molecule has 4 aromatic rings. The van der Waals surface area contributed by atoms with Gasteiger partial charge in [0, 0.05) is 30.6 Å². The molecule has 1 saturated heterocycles. The Hall–Kier alpha value is -4.09. The minimum Gasteiger partial charge on any atom is -0.497 e. The Balaban J connectivity index is 1.25. The molecule has 0 aromatic heterocycles. The van der Waals surface area contributed by atoms with Crippen LogP contribution in [0.3, 0.4) is 0 Å². The van der Waals surface area contributed by atoms with Crippen molar-refractivity contribution in [2.24, 2.45) is 0 Å². The number of hydrogen-bond acceptors (Lipinski definition) is 5. The van der Waals surface area contributed by atoms with Gasteiger partial charge in [0.1, 0.15) is 23.4 Å². The standard InChI is InChI=1S/C34H35NO4/c1-35-19-17-30(18-20-35)39-29-14-11-26(12-15-29)25-9-7-24(8-10-25)21-33(36)28-13-16-34(38-3)32(23-28)27-5-4-6-31(22-27)37-2/h4-16,22-23,30H,17-21H2,1-3H3. The van der Waals surface area contributed by atoms with Crippen molar-refractivity contribution in [1.82, 2.24) is 4.90 Å². The van der Waals surface area contributed by atoms with Gasteiger partial charge in [-0.05, 0) is 84.6 Å². The summed E-state index contributed by atoms with van der Waals surface area (Å²) in [5.74, 6) is 2.45. The van der Waals surface area contributed by atoms with E-state index in [1.165, 1.54) is 0 Å². The molecule has 0 aliphatic carbocycles. The van der Waals surface area contributed by atoms with Crippen LogP contribution in [0.2, 0.25) is 0 Å². The minimum absolute atomic E-state index is 0.0601. The largest absolute Gasteiger partial charge is 0.497 e. The average molecular weight is 522 g/mol. The molecule has 0 radical (unpaired) electrons. The van der Waals surface area contributed by atoms with E-state index in [4.69, 9.17) is 14.2 Å². The molecule has 39 heavy (non-hydrogen) atoms. The minimum atomic E-state index is 0.0601. The fourth-order valence-corrected chi connectivity index (χ4v) is 5.02. The molecule has 4 aromatic carbocycles. The van der Waals surface area contributed by atoms with Crippen LogP contribution < -0.4 is 14.2 Å². The van der Waals surface area contributed by atoms with Crippen molar-refractivity contribution in [1.29, 1.82) is 0 Å². The van der Waals surface area contributed by atoms with Crippen LogP contribution in [0.4, 0.5) is 0 Å². The summed E-state index contributed by atoms with van der Waals surface area (Å²) in [6.07, 6.45) is 2.75. The van der Waals surface area contributed by atoms with Gasteiger partial charge in [-0.15, -0.1) is 0 Å². The van der Waals surface area contributed by atoms with Gasteiger partial charge in [-0.3, -0.25) is 4.79 Å². The second kappa shape index (κ2) is 12.2. The normalized spacial score (nSPS) is 14.1. The number of rotatable bonds is 9. The lowest BCUT2D eigenvalue weighted by molar-refractivity contribution is 0.0993. The number of ketones is 1. The molecule has 1 aliphatic heterocycles. The third kappa shape index (κ3) is 6.50. The van der Waals surface area contributed by atoms with E-state index in [1.807, 2.05) is 54.6 Å². The molecule has 0 atom stereocenters. The zero-order valence-electron chi connectivity index (χ0n) is 22.9. The molecular formula is C34H35NO4. The van der Waals surface area contributed by atoms with E-state index in [-0.39, 0.29) is 5.78 Å². The SMILES string of the molecule is COc1cccc(-c2cc(C(=O)Cc3ccc(-c4ccc(OC5CCN(C)CC5)cc4)cc3)ccc2OC)c1. The van der Waals surface area contributed by atoms with Crippen LogP contribution in [0, 0.1) is 0 Å². The zero-order chi connectivity index (χ0) is 27.2. The van der Waals surface area contributed by atoms with Crippen LogP contribution in [-0.4, -0.2) is 51.1 Å². The number of hydrogen-bond donors (Lipinski definition) is 0. The van der Waals surface area contributed by atoms with Gasteiger partial charge in [-0.2, -0.15) is 0 Å². The van der Waals surface area contributed by atoms with Crippen molar-refractivity contribution in [2.45, 2.75) is 25.4 Å². The smallest absolute Gasteiger partial charge is 0.167 e. The Kier molecular flexibility index (Phi) is 8.28. The maximum Gasteiger partial charge on any atom is 0.167 e. The molecule has 1 aliphatic rings. The quantitative estimate of drug-likeness (QED) is 0.223. The van der Waals surface area contributed by atoms with Crippen LogP contribution in [0.25, 0.3) is 22.3 Å². The van der Waals surface area contributed by atoms with Crippen molar-refractivity contribution in [3.05, 3.63) is 102 Å². The van der Waals surface area contributed by atoms with Gasteiger partial charge in [-0.1, -0.05) is 48.5 Å². The number of benzene rings is 4. The van der Waals surface area contributed by atoms with Crippen LogP contribution in [0.5, 0.6) is 17.2 Å². The topological polar surface area (TPSA) is 48.0 Å². The predicted octanol–water partition coefficient (Wildman–Crippen LogP) is 6.94. The lowest BCUT2D eigenvalue weighted by Gasteiger charge is -2.29. The highest BCUT2D eigenvalue weighted by Gasteiger charge is 2.18. The number of nitrogens with zero attached hydrogens (tertiary/aromatic N) is 1. The molecule has 0 spiro atoms. The van der Waals surface area contributed by atoms with Crippen molar-refractivity contribution in [3.8, 4) is 39.5 Å². The number of likely N-dealkylation sites (tertiary alicyclic amines) is 1. The van der Waals surface area contributed by atoms with Gasteiger partial charge >= 0.3 is 0 Å². The van der Waals surface area contributed by atoms with Gasteiger partial charge in [0.15, 0.2) is 5.78 Å². The molecule has 1 fully saturated rings. The fraction of sp³-hybridized carbons (Fsp3) is 0.265. The second-order valence-electron chi connectivity index (χ2n) is 10.1. The van der Waals surface area contributed by atoms with Gasteiger partial charge in [0.25, 0.3) is 0 Å². The summed E-state index contributed by atoms with van der Waals surface area (Å²) in [5, 5.41) is 0. The molecule has 5 nitrogen and oxygen atoms in total. The van der Waals surface area contributed by atoms with E-state index in [1.54, 1.807) is 14.2 Å². The third-order valence-electron chi connectivity index (χ3n) is 7.38. The maximum absolute atomic E-state index is 13.2. The van der Waals surface area contributed by atoms with Gasteiger partial charge in [0.05, 0.1) is 14.2 Å². The van der Waals surface area contributed by atoms with Crippen molar-refractivity contribution in [2.75, 3.05) is 34.4 Å². The molecule has 0 saturated carbocycles. The first-order valence-corrected chi connectivity index (χ1v) is 13.4. The first kappa shape index (κ1) is 26.5. The molecule has 5 rings (SSSR count). The van der Waals surface area contributed by atoms with E-state index in [0.717, 1.165) is 65.2 Å². The van der Waals surface area contributed by atoms with E-state index in [2.05, 4.69) is 48.3 Å². The molecule has 0 bridgehead atoms. The molecule has 0 N–H and O–H groups in total. The predicted molar refractivity (Wildman–Crippen MR) is 156 cm³/mol. The Labute approximate surface area is 231 Å². The van der Waals surface area contributed by atoms with E-state index in [0.29, 0.717) is 23.8 Å². The summed E-state index contributed by atoms with van der Waals surface area (Å²) < 4.78 is 17.1. The highest BCUT2D eigenvalue weighted by molar-refractivity contribution is 5.99. The van der Waals surface area contributed by atoms with Crippen LogP contribution in [0.1, 0.15) is 28.8 Å². The fourth-order valence-electron chi connectivity index (χ4n) is 5.02. The summed E-state index contributed by atoms with van der Waals surface area (Å²) in [6, 6.07) is 29.8. The Morgan fingerprint density at radius 2 is 1.46 bits per heavy atom. The summed E-state index contributed by atoms with van der Waals surface area (Å²) in [4.78, 5) is 15.6. The molecule has 0 unspecified atom stereocenters. The number of piperidine rings is 1. The number of carbonyl (C=O) groups excluding carboxylic acids is 1. The Morgan fingerprint density at radius 3 is 2.13 bits per heavy atom. The van der Waals surface area contributed by atoms with Crippen molar-refractivity contribution >= 4 is 5.78 Å². The summed E-state index contributed by atoms with van der Waals surface area (Å²) in [6.45, 7) is 2.17. The highest BCUT2D eigenvalue weighted by atomic mass is 16.5. The first-order valence-electron chi connectivity index (χ1n) is 13.4. The van der Waals surface area contributed by atoms with Crippen LogP contribution in [0.15, 0.2) is 91.0 Å².